The third-order valence-electron chi connectivity index (χ3n) is 6.02. The predicted molar refractivity (Wildman–Crippen MR) is 116 cm³/mol. The molecule has 0 aliphatic carbocycles. The highest BCUT2D eigenvalue weighted by Gasteiger charge is 2.59. The summed E-state index contributed by atoms with van der Waals surface area (Å²) in [5, 5.41) is 23.1. The molecule has 4 rings (SSSR count). The Bertz CT molecular complexity index is 1100. The number of hydrogen-bond acceptors (Lipinski definition) is 7. The first-order valence-electron chi connectivity index (χ1n) is 10.1. The number of thiazole rings is 1. The second-order valence-electron chi connectivity index (χ2n) is 7.84. The number of carboxylic acid groups (broad SMARTS) is 1. The van der Waals surface area contributed by atoms with E-state index in [1.54, 1.807) is 18.7 Å². The number of thioether (sulfide) groups is 1. The molecule has 2 aromatic heterocycles. The summed E-state index contributed by atoms with van der Waals surface area (Å²) >= 11 is 3.12. The van der Waals surface area contributed by atoms with E-state index in [0.717, 1.165) is 27.7 Å². The van der Waals surface area contributed by atoms with Gasteiger partial charge in [0.15, 0.2) is 0 Å². The van der Waals surface area contributed by atoms with Crippen molar-refractivity contribution in [1.82, 2.24) is 9.30 Å². The molecule has 1 amide bonds. The van der Waals surface area contributed by atoms with Gasteiger partial charge in [-0.2, -0.15) is 4.40 Å². The number of aliphatic hydroxyl groups is 1. The first-order chi connectivity index (χ1) is 14.8. The van der Waals surface area contributed by atoms with Gasteiger partial charge in [-0.15, -0.1) is 0 Å². The van der Waals surface area contributed by atoms with E-state index < -0.39 is 18.0 Å². The quantitative estimate of drug-likeness (QED) is 0.138. The van der Waals surface area contributed by atoms with E-state index in [4.69, 9.17) is 5.73 Å². The standard InChI is InChI=1S/C20H25N5O4S2/c1-10-13(16(20(28)29)25-15(10)14(11(2)26)17(25)27)12-7-24-9-23(6-4-5-22-8-21)18(30-3)19(24)31-12/h7-11,14-15,26H,4-6H2,1-3H3,(H2-,21,22,28,29)/t10-,11+,14+,15+/m0/s1. The zero-order valence-electron chi connectivity index (χ0n) is 17.5. The predicted octanol–water partition coefficient (Wildman–Crippen LogP) is -0.294. The summed E-state index contributed by atoms with van der Waals surface area (Å²) in [6.07, 6.45) is 7.25. The van der Waals surface area contributed by atoms with Gasteiger partial charge in [0, 0.05) is 24.5 Å². The topological polar surface area (TPSA) is 127 Å². The number of carbonyl (C=O) groups is 2. The number of nitrogens with zero attached hydrogens (tertiary/aromatic N) is 4. The third-order valence-corrected chi connectivity index (χ3v) is 8.11. The van der Waals surface area contributed by atoms with Crippen LogP contribution in [-0.4, -0.2) is 57.6 Å². The van der Waals surface area contributed by atoms with Crippen LogP contribution in [0.3, 0.4) is 0 Å². The molecule has 9 nitrogen and oxygen atoms in total. The fraction of sp³-hybridized carbons (Fsp3) is 0.500. The average Bonchev–Trinajstić information content (AvgIpc) is 3.32. The first-order valence-corrected chi connectivity index (χ1v) is 12.1. The van der Waals surface area contributed by atoms with Crippen molar-refractivity contribution in [3.63, 3.8) is 0 Å². The molecule has 166 valence electrons. The fourth-order valence-corrected chi connectivity index (χ4v) is 6.92. The smallest absolute Gasteiger partial charge is 0.250 e. The summed E-state index contributed by atoms with van der Waals surface area (Å²) in [6.45, 7) is 4.93. The number of fused-ring (bicyclic) bond motifs is 2. The van der Waals surface area contributed by atoms with Gasteiger partial charge in [-0.1, -0.05) is 30.0 Å². The van der Waals surface area contributed by atoms with Crippen molar-refractivity contribution >= 4 is 51.7 Å². The van der Waals surface area contributed by atoms with Crippen molar-refractivity contribution in [1.29, 1.82) is 0 Å². The van der Waals surface area contributed by atoms with Crippen LogP contribution in [0.4, 0.5) is 0 Å². The van der Waals surface area contributed by atoms with Gasteiger partial charge in [-0.3, -0.25) is 9.79 Å². The van der Waals surface area contributed by atoms with Crippen molar-refractivity contribution in [2.45, 2.75) is 44.0 Å². The van der Waals surface area contributed by atoms with Crippen LogP contribution < -0.4 is 15.4 Å². The maximum absolute atomic E-state index is 12.6. The Labute approximate surface area is 187 Å². The normalized spacial score (nSPS) is 24.3. The van der Waals surface area contributed by atoms with Crippen LogP contribution >= 0.6 is 23.1 Å². The molecular formula is C20H25N5O4S2. The first kappa shape index (κ1) is 21.8. The van der Waals surface area contributed by atoms with Crippen LogP contribution in [0.25, 0.3) is 10.4 Å². The van der Waals surface area contributed by atoms with Crippen molar-refractivity contribution in [2.75, 3.05) is 12.8 Å². The number of aryl methyl sites for hydroxylation is 1. The number of amides is 1. The minimum Gasteiger partial charge on any atom is -0.543 e. The number of imidazole rings is 1. The van der Waals surface area contributed by atoms with E-state index in [-0.39, 0.29) is 23.6 Å². The lowest BCUT2D eigenvalue weighted by Gasteiger charge is -2.47. The van der Waals surface area contributed by atoms with Crippen LogP contribution in [0.5, 0.6) is 0 Å². The number of carboxylic acids is 1. The molecule has 2 aliphatic heterocycles. The number of carbonyl (C=O) groups excluding carboxylic acids is 2. The van der Waals surface area contributed by atoms with E-state index in [0.29, 0.717) is 12.1 Å². The van der Waals surface area contributed by atoms with Gasteiger partial charge in [-0.05, 0) is 13.2 Å². The zero-order chi connectivity index (χ0) is 22.4. The monoisotopic (exact) mass is 463 g/mol. The molecule has 0 unspecified atom stereocenters. The van der Waals surface area contributed by atoms with Crippen molar-refractivity contribution in [3.05, 3.63) is 23.1 Å². The molecule has 4 heterocycles. The lowest BCUT2D eigenvalue weighted by Crippen LogP contribution is -2.64. The number of hydrogen-bond donors (Lipinski definition) is 2. The summed E-state index contributed by atoms with van der Waals surface area (Å²) < 4.78 is 4.15. The van der Waals surface area contributed by atoms with Crippen molar-refractivity contribution < 1.29 is 24.4 Å². The van der Waals surface area contributed by atoms with E-state index in [2.05, 4.69) is 9.56 Å². The highest BCUT2D eigenvalue weighted by Crippen LogP contribution is 2.51. The van der Waals surface area contributed by atoms with E-state index in [1.165, 1.54) is 22.6 Å². The maximum Gasteiger partial charge on any atom is 0.250 e. The van der Waals surface area contributed by atoms with E-state index in [9.17, 15) is 19.8 Å². The average molecular weight is 464 g/mol. The van der Waals surface area contributed by atoms with Gasteiger partial charge in [0.1, 0.15) is 6.20 Å². The van der Waals surface area contributed by atoms with Crippen LogP contribution in [0, 0.1) is 11.8 Å². The molecule has 1 saturated heterocycles. The lowest BCUT2D eigenvalue weighted by molar-refractivity contribution is -0.729. The molecule has 2 aliphatic rings. The second kappa shape index (κ2) is 8.29. The molecule has 11 heteroatoms. The highest BCUT2D eigenvalue weighted by molar-refractivity contribution is 7.98. The zero-order valence-corrected chi connectivity index (χ0v) is 19.2. The Morgan fingerprint density at radius 2 is 2.29 bits per heavy atom. The molecule has 0 spiro atoms. The SMILES string of the molecule is CSc1c2sc(C3=C(C(=O)[O-])N4C(=O)[C@H]([C@@H](C)O)[C@H]4[C@H]3C)cn2c[n+]1CCCN=CN. The molecule has 0 aromatic carbocycles. The molecule has 0 bridgehead atoms. The maximum atomic E-state index is 12.6. The van der Waals surface area contributed by atoms with Gasteiger partial charge in [0.25, 0.3) is 6.33 Å². The Balaban J connectivity index is 1.72. The highest BCUT2D eigenvalue weighted by atomic mass is 32.2. The minimum atomic E-state index is -1.36. The summed E-state index contributed by atoms with van der Waals surface area (Å²) in [5.74, 6) is -2.52. The molecule has 1 fully saturated rings. The summed E-state index contributed by atoms with van der Waals surface area (Å²) in [5.41, 5.74) is 5.83. The number of aliphatic carboxylic acids is 1. The van der Waals surface area contributed by atoms with Gasteiger partial charge in [0.05, 0.1) is 47.5 Å². The molecule has 0 radical (unpaired) electrons. The van der Waals surface area contributed by atoms with Crippen LogP contribution in [0.15, 0.2) is 28.2 Å². The molecular weight excluding hydrogens is 438 g/mol. The van der Waals surface area contributed by atoms with Crippen molar-refractivity contribution in [2.24, 2.45) is 22.6 Å². The molecule has 31 heavy (non-hydrogen) atoms. The lowest BCUT2D eigenvalue weighted by atomic mass is 9.77. The Morgan fingerprint density at radius 3 is 2.90 bits per heavy atom. The minimum absolute atomic E-state index is 0.0675. The summed E-state index contributed by atoms with van der Waals surface area (Å²) in [6, 6.07) is -0.357. The number of β-lactam (4-membered cyclic amide) rings is 1. The number of rotatable bonds is 8. The Hall–Kier alpha value is -2.37. The molecule has 4 atom stereocenters. The van der Waals surface area contributed by atoms with Gasteiger partial charge < -0.3 is 25.6 Å². The molecule has 2 aromatic rings. The van der Waals surface area contributed by atoms with Gasteiger partial charge in [-0.25, -0.2) is 4.57 Å². The van der Waals surface area contributed by atoms with Crippen LogP contribution in [-0.2, 0) is 16.1 Å². The van der Waals surface area contributed by atoms with Gasteiger partial charge >= 0.3 is 0 Å². The summed E-state index contributed by atoms with van der Waals surface area (Å²) in [4.78, 5) is 31.7. The largest absolute Gasteiger partial charge is 0.543 e. The van der Waals surface area contributed by atoms with Crippen LogP contribution in [0.1, 0.15) is 25.1 Å². The van der Waals surface area contributed by atoms with Gasteiger partial charge in [0.2, 0.25) is 15.8 Å². The van der Waals surface area contributed by atoms with E-state index >= 15 is 0 Å². The number of aliphatic hydroxyl groups excluding tert-OH is 1. The second-order valence-corrected chi connectivity index (χ2v) is 9.66. The third kappa shape index (κ3) is 3.35. The molecule has 0 saturated carbocycles. The summed E-state index contributed by atoms with van der Waals surface area (Å²) in [7, 11) is 0. The number of aliphatic imine (C=N–C) groups is 1. The fourth-order valence-electron chi connectivity index (χ4n) is 4.71. The Kier molecular flexibility index (Phi) is 5.84. The van der Waals surface area contributed by atoms with E-state index in [1.807, 2.05) is 30.1 Å². The Morgan fingerprint density at radius 1 is 1.55 bits per heavy atom. The molecule has 3 N–H and O–H groups in total. The number of nitrogens with two attached hydrogens (primary N) is 1. The number of aromatic nitrogens is 2. The van der Waals surface area contributed by atoms with Crippen LogP contribution in [0.2, 0.25) is 0 Å². The van der Waals surface area contributed by atoms with Crippen molar-refractivity contribution in [3.8, 4) is 0 Å².